The van der Waals surface area contributed by atoms with Crippen LogP contribution in [0.15, 0.2) is 42.0 Å². The standard InChI is InChI=1S/C22H33N5.HI/c1-4-13-27-14-10-19(11-15-27)26-22(23-3)24-12-9-18-16-25-21-17(5-2)7-6-8-20(18)21;/h4,6-8,16,19,25H,1,5,9-15H2,2-3H3,(H2,23,24,26);1H. The van der Waals surface area contributed by atoms with Gasteiger partial charge >= 0.3 is 0 Å². The Morgan fingerprint density at radius 2 is 2.11 bits per heavy atom. The maximum absolute atomic E-state index is 4.40. The third kappa shape index (κ3) is 5.73. The predicted molar refractivity (Wildman–Crippen MR) is 131 cm³/mol. The van der Waals surface area contributed by atoms with Gasteiger partial charge in [0.05, 0.1) is 0 Å². The van der Waals surface area contributed by atoms with Crippen molar-refractivity contribution >= 4 is 40.8 Å². The molecule has 0 unspecified atom stereocenters. The smallest absolute Gasteiger partial charge is 0.191 e. The van der Waals surface area contributed by atoms with E-state index in [0.29, 0.717) is 6.04 Å². The topological polar surface area (TPSA) is 55.4 Å². The summed E-state index contributed by atoms with van der Waals surface area (Å²) in [6.45, 7) is 10.1. The largest absolute Gasteiger partial charge is 0.361 e. The van der Waals surface area contributed by atoms with Gasteiger partial charge in [-0.05, 0) is 36.8 Å². The van der Waals surface area contributed by atoms with Gasteiger partial charge in [0.2, 0.25) is 0 Å². The molecule has 3 N–H and O–H groups in total. The average molecular weight is 495 g/mol. The molecule has 0 spiro atoms. The zero-order valence-electron chi connectivity index (χ0n) is 17.1. The minimum absolute atomic E-state index is 0. The second-order valence-corrected chi connectivity index (χ2v) is 7.26. The minimum atomic E-state index is 0. The van der Waals surface area contributed by atoms with E-state index in [9.17, 15) is 0 Å². The molecule has 1 aliphatic heterocycles. The van der Waals surface area contributed by atoms with Crippen LogP contribution >= 0.6 is 24.0 Å². The fourth-order valence-corrected chi connectivity index (χ4v) is 3.92. The Labute approximate surface area is 186 Å². The molecule has 0 amide bonds. The Balaban J connectivity index is 0.00000280. The Morgan fingerprint density at radius 3 is 2.79 bits per heavy atom. The molecule has 1 aromatic carbocycles. The number of aliphatic imine (C=N–C) groups is 1. The normalized spacial score (nSPS) is 16.0. The van der Waals surface area contributed by atoms with Crippen molar-refractivity contribution in [2.45, 2.75) is 38.6 Å². The fraction of sp³-hybridized carbons (Fsp3) is 0.500. The van der Waals surface area contributed by atoms with Gasteiger partial charge in [0, 0.05) is 56.4 Å². The Hall–Kier alpha value is -1.54. The second kappa shape index (κ2) is 11.5. The van der Waals surface area contributed by atoms with Gasteiger partial charge in [0.25, 0.3) is 0 Å². The molecule has 0 bridgehead atoms. The quantitative estimate of drug-likeness (QED) is 0.238. The number of halogens is 1. The van der Waals surface area contributed by atoms with E-state index in [2.05, 4.69) is 63.4 Å². The van der Waals surface area contributed by atoms with Crippen molar-refractivity contribution in [1.29, 1.82) is 0 Å². The predicted octanol–water partition coefficient (Wildman–Crippen LogP) is 3.71. The summed E-state index contributed by atoms with van der Waals surface area (Å²) < 4.78 is 0. The number of hydrogen-bond donors (Lipinski definition) is 3. The van der Waals surface area contributed by atoms with Crippen molar-refractivity contribution in [1.82, 2.24) is 20.5 Å². The Bertz CT molecular complexity index is 774. The first kappa shape index (κ1) is 22.7. The number of H-pyrrole nitrogens is 1. The van der Waals surface area contributed by atoms with Gasteiger partial charge in [-0.15, -0.1) is 30.6 Å². The van der Waals surface area contributed by atoms with E-state index in [1.807, 2.05) is 13.1 Å². The number of para-hydroxylation sites is 1. The number of nitrogens with one attached hydrogen (secondary N) is 3. The molecule has 0 aliphatic carbocycles. The molecule has 0 radical (unpaired) electrons. The van der Waals surface area contributed by atoms with Gasteiger partial charge in [0.1, 0.15) is 0 Å². The van der Waals surface area contributed by atoms with Crippen molar-refractivity contribution < 1.29 is 0 Å². The van der Waals surface area contributed by atoms with E-state index in [4.69, 9.17) is 0 Å². The van der Waals surface area contributed by atoms with Crippen LogP contribution in [0.3, 0.4) is 0 Å². The molecule has 1 saturated heterocycles. The second-order valence-electron chi connectivity index (χ2n) is 7.26. The zero-order chi connectivity index (χ0) is 19.1. The highest BCUT2D eigenvalue weighted by molar-refractivity contribution is 14.0. The summed E-state index contributed by atoms with van der Waals surface area (Å²) in [6.07, 6.45) is 8.47. The van der Waals surface area contributed by atoms with Crippen LogP contribution < -0.4 is 10.6 Å². The van der Waals surface area contributed by atoms with Gasteiger partial charge in [0.15, 0.2) is 5.96 Å². The molecule has 1 aromatic heterocycles. The third-order valence-corrected chi connectivity index (χ3v) is 5.49. The zero-order valence-corrected chi connectivity index (χ0v) is 19.5. The summed E-state index contributed by atoms with van der Waals surface area (Å²) in [5.74, 6) is 0.909. The number of nitrogens with zero attached hydrogens (tertiary/aromatic N) is 2. The van der Waals surface area contributed by atoms with E-state index < -0.39 is 0 Å². The minimum Gasteiger partial charge on any atom is -0.361 e. The highest BCUT2D eigenvalue weighted by atomic mass is 127. The highest BCUT2D eigenvalue weighted by Crippen LogP contribution is 2.22. The summed E-state index contributed by atoms with van der Waals surface area (Å²) >= 11 is 0. The van der Waals surface area contributed by atoms with Gasteiger partial charge < -0.3 is 15.6 Å². The SMILES string of the molecule is C=CCN1CCC(NC(=NC)NCCc2c[nH]c3c(CC)cccc23)CC1.I. The van der Waals surface area contributed by atoms with Gasteiger partial charge in [-0.25, -0.2) is 0 Å². The molecular formula is C22H34IN5. The van der Waals surface area contributed by atoms with Crippen molar-refractivity contribution in [2.24, 2.45) is 4.99 Å². The van der Waals surface area contributed by atoms with Crippen LogP contribution in [0.1, 0.15) is 30.9 Å². The lowest BCUT2D eigenvalue weighted by Gasteiger charge is -2.32. The Kier molecular flexibility index (Phi) is 9.31. The molecule has 0 atom stereocenters. The molecule has 1 fully saturated rings. The number of fused-ring (bicyclic) bond motifs is 1. The van der Waals surface area contributed by atoms with Crippen LogP contribution in [-0.4, -0.2) is 55.1 Å². The molecule has 3 rings (SSSR count). The number of aryl methyl sites for hydroxylation is 1. The van der Waals surface area contributed by atoms with Crippen LogP contribution in [0.5, 0.6) is 0 Å². The first-order chi connectivity index (χ1) is 13.2. The molecular weight excluding hydrogens is 461 g/mol. The van der Waals surface area contributed by atoms with E-state index in [1.54, 1.807) is 0 Å². The number of benzene rings is 1. The van der Waals surface area contributed by atoms with Crippen LogP contribution in [0.2, 0.25) is 0 Å². The monoisotopic (exact) mass is 495 g/mol. The number of rotatable bonds is 7. The number of piperidine rings is 1. The summed E-state index contributed by atoms with van der Waals surface area (Å²) in [6, 6.07) is 7.07. The third-order valence-electron chi connectivity index (χ3n) is 5.49. The van der Waals surface area contributed by atoms with Gasteiger partial charge in [-0.3, -0.25) is 9.89 Å². The number of hydrogen-bond acceptors (Lipinski definition) is 2. The summed E-state index contributed by atoms with van der Waals surface area (Å²) in [5.41, 5.74) is 4.02. The molecule has 28 heavy (non-hydrogen) atoms. The van der Waals surface area contributed by atoms with Gasteiger partial charge in [-0.2, -0.15) is 0 Å². The van der Waals surface area contributed by atoms with E-state index in [1.165, 1.54) is 22.0 Å². The first-order valence-electron chi connectivity index (χ1n) is 10.1. The lowest BCUT2D eigenvalue weighted by Crippen LogP contribution is -2.49. The van der Waals surface area contributed by atoms with Crippen molar-refractivity contribution in [3.05, 3.63) is 48.2 Å². The molecule has 154 valence electrons. The Morgan fingerprint density at radius 1 is 1.32 bits per heavy atom. The summed E-state index contributed by atoms with van der Waals surface area (Å²) in [7, 11) is 1.85. The lowest BCUT2D eigenvalue weighted by molar-refractivity contribution is 0.225. The maximum Gasteiger partial charge on any atom is 0.191 e. The highest BCUT2D eigenvalue weighted by Gasteiger charge is 2.19. The first-order valence-corrected chi connectivity index (χ1v) is 10.1. The molecule has 5 nitrogen and oxygen atoms in total. The average Bonchev–Trinajstić information content (AvgIpc) is 3.12. The number of aromatic amines is 1. The van der Waals surface area contributed by atoms with Crippen LogP contribution in [-0.2, 0) is 12.8 Å². The number of guanidine groups is 1. The number of aromatic nitrogens is 1. The van der Waals surface area contributed by atoms with Gasteiger partial charge in [-0.1, -0.05) is 31.2 Å². The molecule has 2 heterocycles. The van der Waals surface area contributed by atoms with Crippen molar-refractivity contribution in [2.75, 3.05) is 33.2 Å². The fourth-order valence-electron chi connectivity index (χ4n) is 3.92. The van der Waals surface area contributed by atoms with Crippen LogP contribution in [0, 0.1) is 0 Å². The van der Waals surface area contributed by atoms with Crippen molar-refractivity contribution in [3.8, 4) is 0 Å². The molecule has 2 aromatic rings. The number of likely N-dealkylation sites (tertiary alicyclic amines) is 1. The van der Waals surface area contributed by atoms with E-state index >= 15 is 0 Å². The maximum atomic E-state index is 4.40. The lowest BCUT2D eigenvalue weighted by atomic mass is 10.1. The summed E-state index contributed by atoms with van der Waals surface area (Å²) in [4.78, 5) is 10.3. The van der Waals surface area contributed by atoms with Crippen LogP contribution in [0.25, 0.3) is 10.9 Å². The molecule has 6 heteroatoms. The molecule has 1 aliphatic rings. The molecule has 0 saturated carbocycles. The van der Waals surface area contributed by atoms with Crippen LogP contribution in [0.4, 0.5) is 0 Å². The van der Waals surface area contributed by atoms with Crippen molar-refractivity contribution in [3.63, 3.8) is 0 Å². The van der Waals surface area contributed by atoms with E-state index in [0.717, 1.165) is 57.8 Å². The summed E-state index contributed by atoms with van der Waals surface area (Å²) in [5, 5.41) is 8.40. The van der Waals surface area contributed by atoms with E-state index in [-0.39, 0.29) is 24.0 Å².